The molecular formula is C23H23N3O5. The highest BCUT2D eigenvalue weighted by Gasteiger charge is 2.49. The average molecular weight is 421 g/mol. The average Bonchev–Trinajstić information content (AvgIpc) is 3.30. The van der Waals surface area contributed by atoms with Crippen LogP contribution in [0.2, 0.25) is 0 Å². The lowest BCUT2D eigenvalue weighted by molar-refractivity contribution is -0.130. The molecule has 2 aliphatic rings. The van der Waals surface area contributed by atoms with E-state index in [1.165, 1.54) is 0 Å². The fourth-order valence-electron chi connectivity index (χ4n) is 3.94. The van der Waals surface area contributed by atoms with E-state index in [2.05, 4.69) is 5.32 Å². The summed E-state index contributed by atoms with van der Waals surface area (Å²) < 4.78 is 5.13. The van der Waals surface area contributed by atoms with Gasteiger partial charge in [-0.1, -0.05) is 12.1 Å². The van der Waals surface area contributed by atoms with Crippen LogP contribution in [0.1, 0.15) is 35.7 Å². The molecule has 0 aromatic heterocycles. The van der Waals surface area contributed by atoms with Crippen molar-refractivity contribution in [3.63, 3.8) is 0 Å². The molecule has 0 aliphatic carbocycles. The van der Waals surface area contributed by atoms with Gasteiger partial charge in [-0.25, -0.2) is 4.79 Å². The summed E-state index contributed by atoms with van der Waals surface area (Å²) in [5.74, 6) is -0.149. The zero-order valence-electron chi connectivity index (χ0n) is 17.4. The van der Waals surface area contributed by atoms with Gasteiger partial charge in [0.2, 0.25) is 5.91 Å². The predicted octanol–water partition coefficient (Wildman–Crippen LogP) is 2.47. The fraction of sp³-hybridized carbons (Fsp3) is 0.304. The van der Waals surface area contributed by atoms with E-state index in [1.54, 1.807) is 67.5 Å². The van der Waals surface area contributed by atoms with Gasteiger partial charge in [0.15, 0.2) is 5.78 Å². The number of rotatable bonds is 6. The van der Waals surface area contributed by atoms with Gasteiger partial charge in [0.25, 0.3) is 5.91 Å². The molecule has 0 unspecified atom stereocenters. The Morgan fingerprint density at radius 1 is 1.06 bits per heavy atom. The van der Waals surface area contributed by atoms with Gasteiger partial charge in [-0.2, -0.15) is 0 Å². The monoisotopic (exact) mass is 421 g/mol. The van der Waals surface area contributed by atoms with Gasteiger partial charge in [-0.05, 0) is 55.3 Å². The first-order valence-electron chi connectivity index (χ1n) is 10.1. The number of methoxy groups -OCH3 is 1. The second kappa shape index (κ2) is 7.86. The van der Waals surface area contributed by atoms with Crippen molar-refractivity contribution in [3.8, 4) is 5.75 Å². The summed E-state index contributed by atoms with van der Waals surface area (Å²) in [6, 6.07) is 12.9. The summed E-state index contributed by atoms with van der Waals surface area (Å²) >= 11 is 0. The largest absolute Gasteiger partial charge is 0.497 e. The summed E-state index contributed by atoms with van der Waals surface area (Å²) in [6.07, 6.45) is 1.35. The molecule has 2 fully saturated rings. The molecule has 2 heterocycles. The van der Waals surface area contributed by atoms with Crippen LogP contribution in [0.5, 0.6) is 5.75 Å². The van der Waals surface area contributed by atoms with Gasteiger partial charge in [0, 0.05) is 24.2 Å². The lowest BCUT2D eigenvalue weighted by atomic mass is 9.92. The number of hydrogen-bond donors (Lipinski definition) is 1. The van der Waals surface area contributed by atoms with Crippen LogP contribution in [0.25, 0.3) is 0 Å². The van der Waals surface area contributed by atoms with E-state index in [0.29, 0.717) is 29.8 Å². The molecule has 8 nitrogen and oxygen atoms in total. The van der Waals surface area contributed by atoms with Crippen molar-refractivity contribution in [2.75, 3.05) is 25.1 Å². The Kier molecular flexibility index (Phi) is 5.22. The number of carbonyl (C=O) groups excluding carboxylic acids is 4. The first-order chi connectivity index (χ1) is 14.8. The Bertz CT molecular complexity index is 1050. The van der Waals surface area contributed by atoms with Gasteiger partial charge in [0.05, 0.1) is 13.7 Å². The number of ketones is 1. The molecule has 4 rings (SSSR count). The van der Waals surface area contributed by atoms with Crippen molar-refractivity contribution >= 4 is 29.3 Å². The van der Waals surface area contributed by atoms with Crippen molar-refractivity contribution in [2.45, 2.75) is 25.3 Å². The molecule has 31 heavy (non-hydrogen) atoms. The third-order valence-corrected chi connectivity index (χ3v) is 5.82. The number of anilines is 1. The zero-order chi connectivity index (χ0) is 22.2. The van der Waals surface area contributed by atoms with Crippen LogP contribution in [-0.2, 0) is 15.1 Å². The van der Waals surface area contributed by atoms with Crippen molar-refractivity contribution < 1.29 is 23.9 Å². The van der Waals surface area contributed by atoms with Crippen LogP contribution in [0, 0.1) is 0 Å². The molecule has 0 bridgehead atoms. The predicted molar refractivity (Wildman–Crippen MR) is 113 cm³/mol. The molecular weight excluding hydrogens is 398 g/mol. The number of ether oxygens (including phenoxy) is 1. The molecule has 2 aliphatic heterocycles. The molecule has 2 aromatic carbocycles. The van der Waals surface area contributed by atoms with E-state index in [9.17, 15) is 19.2 Å². The van der Waals surface area contributed by atoms with Gasteiger partial charge in [-0.15, -0.1) is 0 Å². The minimum absolute atomic E-state index is 0.0660. The minimum atomic E-state index is -1.26. The van der Waals surface area contributed by atoms with Crippen LogP contribution in [0.4, 0.5) is 10.5 Å². The van der Waals surface area contributed by atoms with Crippen LogP contribution in [-0.4, -0.2) is 48.7 Å². The molecule has 0 radical (unpaired) electrons. The number of amides is 4. The second-order valence-corrected chi connectivity index (χ2v) is 7.79. The van der Waals surface area contributed by atoms with E-state index in [0.717, 1.165) is 17.0 Å². The minimum Gasteiger partial charge on any atom is -0.497 e. The van der Waals surface area contributed by atoms with Crippen LogP contribution < -0.4 is 15.0 Å². The fourth-order valence-corrected chi connectivity index (χ4v) is 3.94. The maximum Gasteiger partial charge on any atom is 0.325 e. The summed E-state index contributed by atoms with van der Waals surface area (Å²) in [5, 5.41) is 2.69. The smallest absolute Gasteiger partial charge is 0.325 e. The maximum absolute atomic E-state index is 13.0. The van der Waals surface area contributed by atoms with E-state index < -0.39 is 17.5 Å². The Hall–Kier alpha value is -3.68. The zero-order valence-corrected chi connectivity index (χ0v) is 17.4. The molecule has 2 aromatic rings. The van der Waals surface area contributed by atoms with Gasteiger partial charge in [0.1, 0.15) is 11.3 Å². The molecule has 8 heteroatoms. The lowest BCUT2D eigenvalue weighted by Gasteiger charge is -2.22. The van der Waals surface area contributed by atoms with Crippen molar-refractivity contribution in [2.24, 2.45) is 0 Å². The molecule has 1 atom stereocenters. The summed E-state index contributed by atoms with van der Waals surface area (Å²) in [7, 11) is 1.54. The van der Waals surface area contributed by atoms with E-state index in [-0.39, 0.29) is 18.2 Å². The summed E-state index contributed by atoms with van der Waals surface area (Å²) in [5.41, 5.74) is 0.445. The highest BCUT2D eigenvalue weighted by atomic mass is 16.5. The third-order valence-electron chi connectivity index (χ3n) is 5.82. The van der Waals surface area contributed by atoms with Crippen molar-refractivity contribution in [1.29, 1.82) is 0 Å². The molecule has 160 valence electrons. The number of Topliss-reactive ketones (excluding diaryl/α,β-unsaturated/α-hetero) is 1. The van der Waals surface area contributed by atoms with E-state index >= 15 is 0 Å². The first-order valence-corrected chi connectivity index (χ1v) is 10.1. The van der Waals surface area contributed by atoms with Crippen LogP contribution in [0.3, 0.4) is 0 Å². The highest BCUT2D eigenvalue weighted by molar-refractivity contribution is 6.11. The Morgan fingerprint density at radius 3 is 2.32 bits per heavy atom. The molecule has 2 saturated heterocycles. The Labute approximate surface area is 179 Å². The van der Waals surface area contributed by atoms with Gasteiger partial charge >= 0.3 is 6.03 Å². The third kappa shape index (κ3) is 3.65. The highest BCUT2D eigenvalue weighted by Crippen LogP contribution is 2.30. The van der Waals surface area contributed by atoms with Crippen molar-refractivity contribution in [3.05, 3.63) is 59.7 Å². The molecule has 0 spiro atoms. The summed E-state index contributed by atoms with van der Waals surface area (Å²) in [4.78, 5) is 52.8. The number of imide groups is 1. The number of nitrogens with one attached hydrogen (secondary N) is 1. The standard InChI is InChI=1S/C23H23N3O5/c1-23(16-7-11-18(31-2)12-8-16)21(29)26(22(30)24-23)14-19(27)15-5-9-17(10-6-15)25-13-3-4-20(25)28/h5-12H,3-4,13-14H2,1-2H3,(H,24,30)/t23-/m0/s1. The van der Waals surface area contributed by atoms with Crippen molar-refractivity contribution in [1.82, 2.24) is 10.2 Å². The molecule has 0 saturated carbocycles. The Morgan fingerprint density at radius 2 is 1.74 bits per heavy atom. The van der Waals surface area contributed by atoms with Gasteiger partial charge in [-0.3, -0.25) is 19.3 Å². The van der Waals surface area contributed by atoms with Crippen LogP contribution >= 0.6 is 0 Å². The second-order valence-electron chi connectivity index (χ2n) is 7.79. The SMILES string of the molecule is COc1ccc([C@]2(C)NC(=O)N(CC(=O)c3ccc(N4CCCC4=O)cc3)C2=O)cc1. The number of nitrogens with zero attached hydrogens (tertiary/aromatic N) is 2. The molecule has 4 amide bonds. The quantitative estimate of drug-likeness (QED) is 0.571. The number of hydrogen-bond acceptors (Lipinski definition) is 5. The number of urea groups is 1. The normalized spacial score (nSPS) is 20.9. The lowest BCUT2D eigenvalue weighted by Crippen LogP contribution is -2.41. The number of benzene rings is 2. The Balaban J connectivity index is 1.48. The topological polar surface area (TPSA) is 96.0 Å². The maximum atomic E-state index is 13.0. The van der Waals surface area contributed by atoms with Gasteiger partial charge < -0.3 is 15.0 Å². The molecule has 1 N–H and O–H groups in total. The first kappa shape index (κ1) is 20.6. The van der Waals surface area contributed by atoms with Crippen LogP contribution in [0.15, 0.2) is 48.5 Å². The van der Waals surface area contributed by atoms with E-state index in [1.807, 2.05) is 0 Å². The van der Waals surface area contributed by atoms with E-state index in [4.69, 9.17) is 4.74 Å². The number of carbonyl (C=O) groups is 4. The summed E-state index contributed by atoms with van der Waals surface area (Å²) in [6.45, 7) is 1.91.